The van der Waals surface area contributed by atoms with Crippen LogP contribution in [-0.4, -0.2) is 65.3 Å². The number of benzene rings is 1. The van der Waals surface area contributed by atoms with Crippen LogP contribution in [0.3, 0.4) is 0 Å². The quantitative estimate of drug-likeness (QED) is 0.819. The molecular weight excluding hydrogens is 380 g/mol. The molecule has 1 aliphatic heterocycles. The molecule has 0 radical (unpaired) electrons. The van der Waals surface area contributed by atoms with Gasteiger partial charge in [0.1, 0.15) is 5.82 Å². The summed E-state index contributed by atoms with van der Waals surface area (Å²) in [7, 11) is -0.436. The van der Waals surface area contributed by atoms with E-state index in [1.54, 1.807) is 12.1 Å². The fourth-order valence-electron chi connectivity index (χ4n) is 3.33. The molecule has 2 heterocycles. The van der Waals surface area contributed by atoms with Gasteiger partial charge in [0.2, 0.25) is 0 Å². The second kappa shape index (κ2) is 7.94. The molecule has 150 valence electrons. The Balaban J connectivity index is 1.93. The molecule has 2 aromatic rings. The van der Waals surface area contributed by atoms with Crippen LogP contribution in [0.4, 0.5) is 0 Å². The first-order valence-corrected chi connectivity index (χ1v) is 10.4. The fraction of sp³-hybridized carbons (Fsp3) is 0.421. The van der Waals surface area contributed by atoms with Crippen LogP contribution in [0.25, 0.3) is 11.3 Å². The third-order valence-electron chi connectivity index (χ3n) is 4.81. The molecule has 1 aromatic carbocycles. The Labute approximate surface area is 165 Å². The lowest BCUT2D eigenvalue weighted by molar-refractivity contribution is 0.0697. The maximum atomic E-state index is 12.5. The minimum absolute atomic E-state index is 0.107. The van der Waals surface area contributed by atoms with Gasteiger partial charge in [0.15, 0.2) is 0 Å². The van der Waals surface area contributed by atoms with E-state index in [1.807, 2.05) is 19.1 Å². The van der Waals surface area contributed by atoms with Crippen LogP contribution in [-0.2, 0) is 10.2 Å². The Bertz CT molecular complexity index is 991. The molecule has 1 saturated heterocycles. The summed E-state index contributed by atoms with van der Waals surface area (Å²) in [5.74, 6) is -0.510. The van der Waals surface area contributed by atoms with E-state index in [1.165, 1.54) is 28.8 Å². The summed E-state index contributed by atoms with van der Waals surface area (Å²) < 4.78 is 27.6. The molecule has 0 unspecified atom stereocenters. The van der Waals surface area contributed by atoms with Crippen LogP contribution in [0.1, 0.15) is 40.6 Å². The van der Waals surface area contributed by atoms with Crippen LogP contribution in [0.2, 0.25) is 0 Å². The molecule has 1 fully saturated rings. The number of aromatic nitrogens is 2. The summed E-state index contributed by atoms with van der Waals surface area (Å²) in [4.78, 5) is 20.4. The van der Waals surface area contributed by atoms with Gasteiger partial charge in [0, 0.05) is 44.4 Å². The molecule has 1 N–H and O–H groups in total. The smallest absolute Gasteiger partial charge is 0.335 e. The molecule has 8 nitrogen and oxygen atoms in total. The number of carboxylic acid groups (broad SMARTS) is 1. The minimum Gasteiger partial charge on any atom is -0.478 e. The summed E-state index contributed by atoms with van der Waals surface area (Å²) in [5.41, 5.74) is 2.28. The number of nitrogens with zero attached hydrogens (tertiary/aromatic N) is 4. The van der Waals surface area contributed by atoms with Gasteiger partial charge in [-0.3, -0.25) is 0 Å². The predicted octanol–water partition coefficient (Wildman–Crippen LogP) is 2.14. The Morgan fingerprint density at radius 1 is 1.25 bits per heavy atom. The predicted molar refractivity (Wildman–Crippen MR) is 105 cm³/mol. The molecule has 1 atom stereocenters. The topological polar surface area (TPSA) is 104 Å². The number of hydrogen-bond donors (Lipinski definition) is 1. The lowest BCUT2D eigenvalue weighted by Crippen LogP contribution is -2.45. The maximum absolute atomic E-state index is 12.5. The number of piperidine rings is 1. The molecule has 0 bridgehead atoms. The summed E-state index contributed by atoms with van der Waals surface area (Å²) in [6.07, 6.45) is 1.54. The first-order valence-electron chi connectivity index (χ1n) is 9.05. The molecule has 1 aliphatic rings. The first kappa shape index (κ1) is 20.4. The van der Waals surface area contributed by atoms with Crippen molar-refractivity contribution >= 4 is 16.2 Å². The van der Waals surface area contributed by atoms with Crippen molar-refractivity contribution in [2.24, 2.45) is 0 Å². The monoisotopic (exact) mass is 404 g/mol. The summed E-state index contributed by atoms with van der Waals surface area (Å²) in [6.45, 7) is 2.67. The second-order valence-corrected chi connectivity index (χ2v) is 9.27. The van der Waals surface area contributed by atoms with E-state index in [2.05, 4.69) is 9.97 Å². The number of hydrogen-bond acceptors (Lipinski definition) is 5. The molecule has 0 saturated carbocycles. The number of aromatic carboxylic acids is 1. The van der Waals surface area contributed by atoms with Crippen molar-refractivity contribution in [3.8, 4) is 11.3 Å². The van der Waals surface area contributed by atoms with Crippen LogP contribution < -0.4 is 0 Å². The standard InChI is InChI=1S/C19H24N4O4S/c1-13-10-17(14-6-4-7-15(11-14)19(24)25)21-18(20-13)16-8-5-9-23(12-16)28(26,27)22(2)3/h4,6-7,10-11,16H,5,8-9,12H2,1-3H3,(H,24,25)/t16-/m1/s1. The third kappa shape index (κ3) is 4.21. The van der Waals surface area contributed by atoms with Crippen LogP contribution >= 0.6 is 0 Å². The summed E-state index contributed by atoms with van der Waals surface area (Å²) in [6, 6.07) is 8.41. The molecule has 0 amide bonds. The maximum Gasteiger partial charge on any atom is 0.335 e. The van der Waals surface area contributed by atoms with E-state index in [9.17, 15) is 18.3 Å². The highest BCUT2D eigenvalue weighted by molar-refractivity contribution is 7.86. The van der Waals surface area contributed by atoms with Crippen LogP contribution in [0.15, 0.2) is 30.3 Å². The summed E-state index contributed by atoms with van der Waals surface area (Å²) in [5, 5.41) is 9.22. The Morgan fingerprint density at radius 3 is 2.68 bits per heavy atom. The highest BCUT2D eigenvalue weighted by Crippen LogP contribution is 2.29. The zero-order valence-corrected chi connectivity index (χ0v) is 17.0. The van der Waals surface area contributed by atoms with Gasteiger partial charge in [0.05, 0.1) is 11.3 Å². The molecule has 28 heavy (non-hydrogen) atoms. The van der Waals surface area contributed by atoms with Gasteiger partial charge in [-0.2, -0.15) is 17.0 Å². The normalized spacial score (nSPS) is 18.4. The second-order valence-electron chi connectivity index (χ2n) is 7.13. The van der Waals surface area contributed by atoms with Crippen molar-refractivity contribution < 1.29 is 18.3 Å². The summed E-state index contributed by atoms with van der Waals surface area (Å²) >= 11 is 0. The van der Waals surface area contributed by atoms with Gasteiger partial charge in [-0.1, -0.05) is 12.1 Å². The van der Waals surface area contributed by atoms with E-state index in [0.717, 1.165) is 18.5 Å². The Hall–Kier alpha value is -2.36. The van der Waals surface area contributed by atoms with E-state index in [-0.39, 0.29) is 11.5 Å². The van der Waals surface area contributed by atoms with Gasteiger partial charge in [-0.05, 0) is 38.0 Å². The largest absolute Gasteiger partial charge is 0.478 e. The minimum atomic E-state index is -3.48. The van der Waals surface area contributed by atoms with Gasteiger partial charge in [-0.15, -0.1) is 0 Å². The number of carbonyl (C=O) groups is 1. The van der Waals surface area contributed by atoms with Crippen LogP contribution in [0, 0.1) is 6.92 Å². The van der Waals surface area contributed by atoms with Crippen molar-refractivity contribution in [2.45, 2.75) is 25.7 Å². The van der Waals surface area contributed by atoms with Crippen molar-refractivity contribution in [3.63, 3.8) is 0 Å². The van der Waals surface area contributed by atoms with Crippen molar-refractivity contribution in [2.75, 3.05) is 27.2 Å². The van der Waals surface area contributed by atoms with E-state index >= 15 is 0 Å². The molecule has 3 rings (SSSR count). The Morgan fingerprint density at radius 2 is 2.00 bits per heavy atom. The lowest BCUT2D eigenvalue weighted by Gasteiger charge is -2.33. The highest BCUT2D eigenvalue weighted by Gasteiger charge is 2.32. The lowest BCUT2D eigenvalue weighted by atomic mass is 9.98. The van der Waals surface area contributed by atoms with Gasteiger partial charge >= 0.3 is 5.97 Å². The molecule has 0 spiro atoms. The zero-order chi connectivity index (χ0) is 20.5. The van der Waals surface area contributed by atoms with E-state index < -0.39 is 16.2 Å². The van der Waals surface area contributed by atoms with Gasteiger partial charge in [0.25, 0.3) is 10.2 Å². The fourth-order valence-corrected chi connectivity index (χ4v) is 4.52. The first-order chi connectivity index (χ1) is 13.2. The number of carboxylic acids is 1. The van der Waals surface area contributed by atoms with Crippen molar-refractivity contribution in [1.82, 2.24) is 18.6 Å². The van der Waals surface area contributed by atoms with E-state index in [4.69, 9.17) is 0 Å². The average molecular weight is 404 g/mol. The van der Waals surface area contributed by atoms with Gasteiger partial charge < -0.3 is 5.11 Å². The Kier molecular flexibility index (Phi) is 5.78. The highest BCUT2D eigenvalue weighted by atomic mass is 32.2. The molecule has 1 aromatic heterocycles. The van der Waals surface area contributed by atoms with Crippen molar-refractivity contribution in [1.29, 1.82) is 0 Å². The SMILES string of the molecule is Cc1cc(-c2cccc(C(=O)O)c2)nc([C@@H]2CCCN(S(=O)(=O)N(C)C)C2)n1. The molecule has 9 heteroatoms. The third-order valence-corrected chi connectivity index (χ3v) is 6.72. The number of aryl methyl sites for hydroxylation is 1. The average Bonchev–Trinajstić information content (AvgIpc) is 2.67. The molecular formula is C19H24N4O4S. The van der Waals surface area contributed by atoms with Crippen molar-refractivity contribution in [3.05, 3.63) is 47.4 Å². The van der Waals surface area contributed by atoms with Gasteiger partial charge in [-0.25, -0.2) is 14.8 Å². The van der Waals surface area contributed by atoms with Crippen LogP contribution in [0.5, 0.6) is 0 Å². The molecule has 0 aliphatic carbocycles. The number of rotatable bonds is 5. The van der Waals surface area contributed by atoms with E-state index in [0.29, 0.717) is 30.2 Å². The zero-order valence-electron chi connectivity index (χ0n) is 16.2.